The van der Waals surface area contributed by atoms with Gasteiger partial charge in [0.05, 0.1) is 5.56 Å². The number of nitrogens with zero attached hydrogens (tertiary/aromatic N) is 3. The molecule has 0 aromatic heterocycles. The minimum atomic E-state index is -4.63. The molecule has 2 N–H and O–H groups in total. The van der Waals surface area contributed by atoms with Gasteiger partial charge in [0.25, 0.3) is 0 Å². The quantitative estimate of drug-likeness (QED) is 0.414. The van der Waals surface area contributed by atoms with Gasteiger partial charge in [0.2, 0.25) is 5.91 Å². The van der Waals surface area contributed by atoms with Crippen molar-refractivity contribution in [2.75, 3.05) is 53.9 Å². The van der Waals surface area contributed by atoms with Gasteiger partial charge in [-0.2, -0.15) is 13.2 Å². The van der Waals surface area contributed by atoms with Crippen LogP contribution in [-0.4, -0.2) is 80.8 Å². The van der Waals surface area contributed by atoms with Crippen LogP contribution < -0.4 is 10.6 Å². The van der Waals surface area contributed by atoms with Crippen molar-refractivity contribution in [1.82, 2.24) is 25.3 Å². The Labute approximate surface area is 203 Å². The lowest BCUT2D eigenvalue weighted by atomic mass is 10.0. The number of carbonyl (C=O) groups excluding carboxylic acids is 1. The summed E-state index contributed by atoms with van der Waals surface area (Å²) in [5.74, 6) is -1.08. The van der Waals surface area contributed by atoms with Crippen molar-refractivity contribution in [3.63, 3.8) is 0 Å². The Kier molecular flexibility index (Phi) is 9.23. The topological polar surface area (TPSA) is 50.9 Å². The molecule has 1 atom stereocenters. The van der Waals surface area contributed by atoms with Crippen LogP contribution in [0.25, 0.3) is 0 Å². The summed E-state index contributed by atoms with van der Waals surface area (Å²) >= 11 is 0. The summed E-state index contributed by atoms with van der Waals surface area (Å²) in [6.07, 6.45) is -4.47. The molecule has 1 unspecified atom stereocenters. The Bertz CT molecular complexity index is 960. The maximum absolute atomic E-state index is 13.8. The van der Waals surface area contributed by atoms with E-state index in [1.807, 2.05) is 44.4 Å². The minimum absolute atomic E-state index is 0.0403. The minimum Gasteiger partial charge on any atom is -0.344 e. The zero-order valence-corrected chi connectivity index (χ0v) is 20.3. The molecule has 1 heterocycles. The molecule has 1 saturated heterocycles. The fourth-order valence-corrected chi connectivity index (χ4v) is 4.48. The van der Waals surface area contributed by atoms with E-state index in [4.69, 9.17) is 0 Å². The molecule has 0 radical (unpaired) electrons. The fourth-order valence-electron chi connectivity index (χ4n) is 4.48. The predicted molar refractivity (Wildman–Crippen MR) is 127 cm³/mol. The van der Waals surface area contributed by atoms with E-state index < -0.39 is 23.6 Å². The third-order valence-corrected chi connectivity index (χ3v) is 6.37. The van der Waals surface area contributed by atoms with E-state index in [2.05, 4.69) is 20.4 Å². The standard InChI is InChI=1S/C25H33F4N5O/c1-30-24(31-2)34-13-11-33(12-14-34)22(19-7-5-4-6-8-19)23(35)32(3)10-9-18-15-20(25(27,28)29)17-21(26)16-18/h4-8,15-17,22,24,30-31H,9-14H2,1-3H3. The van der Waals surface area contributed by atoms with Gasteiger partial charge in [-0.15, -0.1) is 0 Å². The fraction of sp³-hybridized carbons (Fsp3) is 0.480. The van der Waals surface area contributed by atoms with Crippen molar-refractivity contribution in [1.29, 1.82) is 0 Å². The lowest BCUT2D eigenvalue weighted by molar-refractivity contribution is -0.138. The second kappa shape index (κ2) is 11.9. The molecule has 1 amide bonds. The predicted octanol–water partition coefficient (Wildman–Crippen LogP) is 2.93. The van der Waals surface area contributed by atoms with Crippen LogP contribution in [0.2, 0.25) is 0 Å². The molecular weight excluding hydrogens is 462 g/mol. The van der Waals surface area contributed by atoms with Gasteiger partial charge in [0, 0.05) is 39.8 Å². The van der Waals surface area contributed by atoms with Crippen LogP contribution in [0.4, 0.5) is 17.6 Å². The second-order valence-corrected chi connectivity index (χ2v) is 8.72. The van der Waals surface area contributed by atoms with Gasteiger partial charge >= 0.3 is 6.18 Å². The number of likely N-dealkylation sites (N-methyl/N-ethyl adjacent to an activating group) is 1. The first-order chi connectivity index (χ1) is 16.6. The summed E-state index contributed by atoms with van der Waals surface area (Å²) in [5.41, 5.74) is 0.0386. The Morgan fingerprint density at radius 2 is 1.60 bits per heavy atom. The summed E-state index contributed by atoms with van der Waals surface area (Å²) < 4.78 is 52.9. The monoisotopic (exact) mass is 495 g/mol. The van der Waals surface area contributed by atoms with E-state index in [0.717, 1.165) is 30.8 Å². The third-order valence-electron chi connectivity index (χ3n) is 6.37. The van der Waals surface area contributed by atoms with Gasteiger partial charge in [-0.25, -0.2) is 4.39 Å². The van der Waals surface area contributed by atoms with Crippen LogP contribution in [0.15, 0.2) is 48.5 Å². The molecule has 192 valence electrons. The molecule has 35 heavy (non-hydrogen) atoms. The molecule has 0 bridgehead atoms. The van der Waals surface area contributed by atoms with E-state index in [1.54, 1.807) is 7.05 Å². The van der Waals surface area contributed by atoms with E-state index in [-0.39, 0.29) is 30.7 Å². The molecule has 3 rings (SSSR count). The van der Waals surface area contributed by atoms with Crippen molar-refractivity contribution >= 4 is 5.91 Å². The Balaban J connectivity index is 1.72. The summed E-state index contributed by atoms with van der Waals surface area (Å²) in [6, 6.07) is 11.5. The maximum Gasteiger partial charge on any atom is 0.416 e. The largest absolute Gasteiger partial charge is 0.416 e. The third kappa shape index (κ3) is 7.00. The van der Waals surface area contributed by atoms with Crippen LogP contribution in [-0.2, 0) is 17.4 Å². The highest BCUT2D eigenvalue weighted by Crippen LogP contribution is 2.31. The van der Waals surface area contributed by atoms with Crippen LogP contribution in [0, 0.1) is 5.82 Å². The van der Waals surface area contributed by atoms with Gasteiger partial charge < -0.3 is 4.90 Å². The van der Waals surface area contributed by atoms with E-state index in [9.17, 15) is 22.4 Å². The lowest BCUT2D eigenvalue weighted by Crippen LogP contribution is -2.60. The summed E-state index contributed by atoms with van der Waals surface area (Å²) in [5, 5.41) is 6.42. The summed E-state index contributed by atoms with van der Waals surface area (Å²) in [4.78, 5) is 19.5. The lowest BCUT2D eigenvalue weighted by Gasteiger charge is -2.42. The zero-order valence-electron chi connectivity index (χ0n) is 20.3. The highest BCUT2D eigenvalue weighted by atomic mass is 19.4. The molecule has 10 heteroatoms. The smallest absolute Gasteiger partial charge is 0.344 e. The van der Waals surface area contributed by atoms with Crippen molar-refractivity contribution in [2.45, 2.75) is 24.9 Å². The number of carbonyl (C=O) groups is 1. The van der Waals surface area contributed by atoms with Crippen molar-refractivity contribution in [3.05, 3.63) is 71.0 Å². The van der Waals surface area contributed by atoms with Gasteiger partial charge in [-0.3, -0.25) is 25.2 Å². The number of hydrogen-bond acceptors (Lipinski definition) is 5. The first kappa shape index (κ1) is 27.1. The van der Waals surface area contributed by atoms with Crippen molar-refractivity contribution in [3.8, 4) is 0 Å². The van der Waals surface area contributed by atoms with Gasteiger partial charge in [0.15, 0.2) is 0 Å². The molecule has 0 spiro atoms. The molecular formula is C25H33F4N5O. The van der Waals surface area contributed by atoms with Crippen LogP contribution in [0.5, 0.6) is 0 Å². The Morgan fingerprint density at radius 3 is 2.17 bits per heavy atom. The number of rotatable bonds is 9. The van der Waals surface area contributed by atoms with Crippen LogP contribution in [0.3, 0.4) is 0 Å². The number of nitrogens with one attached hydrogen (secondary N) is 2. The SMILES string of the molecule is CNC(NC)N1CCN(C(C(=O)N(C)CCc2cc(F)cc(C(F)(F)F)c2)c2ccccc2)CC1. The van der Waals surface area contributed by atoms with E-state index in [1.165, 1.54) is 4.90 Å². The van der Waals surface area contributed by atoms with E-state index in [0.29, 0.717) is 19.2 Å². The summed E-state index contributed by atoms with van der Waals surface area (Å²) in [7, 11) is 5.40. The zero-order chi connectivity index (χ0) is 25.6. The first-order valence-corrected chi connectivity index (χ1v) is 11.6. The molecule has 2 aromatic rings. The van der Waals surface area contributed by atoms with Crippen LogP contribution in [0.1, 0.15) is 22.7 Å². The molecule has 6 nitrogen and oxygen atoms in total. The van der Waals surface area contributed by atoms with Gasteiger partial charge in [-0.05, 0) is 49.8 Å². The Hall–Kier alpha value is -2.53. The van der Waals surface area contributed by atoms with Crippen molar-refractivity contribution in [2.24, 2.45) is 0 Å². The average molecular weight is 496 g/mol. The molecule has 2 aromatic carbocycles. The molecule has 1 fully saturated rings. The normalized spacial score (nSPS) is 16.5. The average Bonchev–Trinajstić information content (AvgIpc) is 2.84. The molecule has 1 aliphatic rings. The number of amides is 1. The number of hydrogen-bond donors (Lipinski definition) is 2. The Morgan fingerprint density at radius 1 is 1.00 bits per heavy atom. The van der Waals surface area contributed by atoms with E-state index >= 15 is 0 Å². The maximum atomic E-state index is 13.8. The summed E-state index contributed by atoms with van der Waals surface area (Å²) in [6.45, 7) is 3.05. The highest BCUT2D eigenvalue weighted by Gasteiger charge is 2.34. The van der Waals surface area contributed by atoms with Crippen LogP contribution >= 0.6 is 0 Å². The van der Waals surface area contributed by atoms with Gasteiger partial charge in [0.1, 0.15) is 18.1 Å². The molecule has 0 aliphatic carbocycles. The second-order valence-electron chi connectivity index (χ2n) is 8.72. The highest BCUT2D eigenvalue weighted by molar-refractivity contribution is 5.83. The number of benzene rings is 2. The number of alkyl halides is 3. The molecule has 0 saturated carbocycles. The van der Waals surface area contributed by atoms with Crippen molar-refractivity contribution < 1.29 is 22.4 Å². The molecule has 1 aliphatic heterocycles. The first-order valence-electron chi connectivity index (χ1n) is 11.6. The number of piperazine rings is 1. The number of halogens is 4. The van der Waals surface area contributed by atoms with Gasteiger partial charge in [-0.1, -0.05) is 30.3 Å².